The molecule has 1 fully saturated rings. The van der Waals surface area contributed by atoms with Crippen molar-refractivity contribution < 1.29 is 27.5 Å². The molecule has 1 N–H and O–H groups in total. The van der Waals surface area contributed by atoms with Crippen LogP contribution >= 0.6 is 0 Å². The molecule has 1 amide bonds. The molecule has 22 heavy (non-hydrogen) atoms. The highest BCUT2D eigenvalue weighted by Gasteiger charge is 2.30. The summed E-state index contributed by atoms with van der Waals surface area (Å²) >= 11 is 0. The van der Waals surface area contributed by atoms with Gasteiger partial charge in [-0.25, -0.2) is 18.0 Å². The zero-order valence-electron chi connectivity index (χ0n) is 12.1. The minimum Gasteiger partial charge on any atom is -0.458 e. The van der Waals surface area contributed by atoms with Gasteiger partial charge in [0, 0.05) is 5.69 Å². The van der Waals surface area contributed by atoms with Crippen LogP contribution in [0.3, 0.4) is 0 Å². The molecule has 7 nitrogen and oxygen atoms in total. The molecule has 120 valence electrons. The lowest BCUT2D eigenvalue weighted by atomic mass is 10.2. The van der Waals surface area contributed by atoms with Crippen molar-refractivity contribution in [3.05, 3.63) is 29.8 Å². The van der Waals surface area contributed by atoms with Crippen molar-refractivity contribution in [3.8, 4) is 0 Å². The first kappa shape index (κ1) is 16.3. The van der Waals surface area contributed by atoms with E-state index >= 15 is 0 Å². The van der Waals surface area contributed by atoms with Gasteiger partial charge in [0.15, 0.2) is 9.84 Å². The number of anilines is 1. The maximum absolute atomic E-state index is 12.0. The summed E-state index contributed by atoms with van der Waals surface area (Å²) in [5.41, 5.74) is 0.630. The number of ether oxygens (including phenoxy) is 2. The lowest BCUT2D eigenvalue weighted by Gasteiger charge is -2.11. The molecule has 1 aliphatic heterocycles. The third-order valence-electron chi connectivity index (χ3n) is 3.08. The SMILES string of the molecule is CCOC(=O)Nc1cccc(C(=O)OC2CCS(=O)(=O)C2)c1. The predicted molar refractivity (Wildman–Crippen MR) is 79.6 cm³/mol. The summed E-state index contributed by atoms with van der Waals surface area (Å²) in [4.78, 5) is 23.3. The van der Waals surface area contributed by atoms with Gasteiger partial charge in [-0.2, -0.15) is 0 Å². The fraction of sp³-hybridized carbons (Fsp3) is 0.429. The lowest BCUT2D eigenvalue weighted by Crippen LogP contribution is -2.19. The van der Waals surface area contributed by atoms with E-state index in [2.05, 4.69) is 5.32 Å². The maximum Gasteiger partial charge on any atom is 0.411 e. The Kier molecular flexibility index (Phi) is 5.02. The van der Waals surface area contributed by atoms with E-state index < -0.39 is 28.0 Å². The van der Waals surface area contributed by atoms with Crippen molar-refractivity contribution in [2.45, 2.75) is 19.4 Å². The van der Waals surface area contributed by atoms with E-state index in [4.69, 9.17) is 9.47 Å². The van der Waals surface area contributed by atoms with Crippen molar-refractivity contribution in [1.82, 2.24) is 0 Å². The van der Waals surface area contributed by atoms with Crippen LogP contribution in [-0.4, -0.2) is 44.7 Å². The summed E-state index contributed by atoms with van der Waals surface area (Å²) in [5, 5.41) is 2.48. The quantitative estimate of drug-likeness (QED) is 0.843. The summed E-state index contributed by atoms with van der Waals surface area (Å²) in [7, 11) is -3.10. The normalized spacial score (nSPS) is 19.4. The molecule has 2 rings (SSSR count). The van der Waals surface area contributed by atoms with E-state index in [0.717, 1.165) is 0 Å². The molecule has 0 radical (unpaired) electrons. The molecule has 0 spiro atoms. The van der Waals surface area contributed by atoms with E-state index in [9.17, 15) is 18.0 Å². The molecular formula is C14H17NO6S. The average Bonchev–Trinajstić information content (AvgIpc) is 2.78. The van der Waals surface area contributed by atoms with Gasteiger partial charge in [0.1, 0.15) is 6.10 Å². The van der Waals surface area contributed by atoms with Crippen LogP contribution in [0.25, 0.3) is 0 Å². The minimum atomic E-state index is -3.10. The van der Waals surface area contributed by atoms with Crippen LogP contribution in [0.2, 0.25) is 0 Å². The first-order valence-corrected chi connectivity index (χ1v) is 8.67. The topological polar surface area (TPSA) is 98.8 Å². The fourth-order valence-corrected chi connectivity index (χ4v) is 3.67. The second-order valence-corrected chi connectivity index (χ2v) is 7.09. The molecule has 0 saturated carbocycles. The summed E-state index contributed by atoms with van der Waals surface area (Å²) in [5.74, 6) is -0.718. The van der Waals surface area contributed by atoms with Gasteiger partial charge in [0.25, 0.3) is 0 Å². The summed E-state index contributed by atoms with van der Waals surface area (Å²) < 4.78 is 32.6. The number of hydrogen-bond acceptors (Lipinski definition) is 6. The predicted octanol–water partition coefficient (Wildman–Crippen LogP) is 1.60. The van der Waals surface area contributed by atoms with Gasteiger partial charge >= 0.3 is 12.1 Å². The Balaban J connectivity index is 2.00. The van der Waals surface area contributed by atoms with E-state index in [-0.39, 0.29) is 23.7 Å². The molecule has 0 aromatic heterocycles. The molecule has 1 aromatic carbocycles. The number of esters is 1. The molecule has 1 saturated heterocycles. The number of rotatable bonds is 4. The minimum absolute atomic E-state index is 0.0371. The average molecular weight is 327 g/mol. The number of sulfone groups is 1. The molecule has 1 aromatic rings. The number of carbonyl (C=O) groups excluding carboxylic acids is 2. The molecule has 1 unspecified atom stereocenters. The molecule has 1 aliphatic rings. The number of amides is 1. The molecule has 1 heterocycles. The standard InChI is InChI=1S/C14H17NO6S/c1-2-20-14(17)15-11-5-3-4-10(8-11)13(16)21-12-6-7-22(18,19)9-12/h3-5,8,12H,2,6-7,9H2,1H3,(H,15,17). The summed E-state index contributed by atoms with van der Waals surface area (Å²) in [6.07, 6.45) is -0.913. The Hall–Kier alpha value is -2.09. The number of hydrogen-bond donors (Lipinski definition) is 1. The van der Waals surface area contributed by atoms with E-state index in [1.807, 2.05) is 0 Å². The number of benzene rings is 1. The van der Waals surface area contributed by atoms with Gasteiger partial charge in [-0.05, 0) is 31.5 Å². The number of carbonyl (C=O) groups is 2. The lowest BCUT2D eigenvalue weighted by molar-refractivity contribution is 0.0356. The van der Waals surface area contributed by atoms with Gasteiger partial charge in [0.05, 0.1) is 23.7 Å². The highest BCUT2D eigenvalue weighted by Crippen LogP contribution is 2.18. The van der Waals surface area contributed by atoms with Crippen molar-refractivity contribution in [3.63, 3.8) is 0 Å². The first-order valence-electron chi connectivity index (χ1n) is 6.85. The Morgan fingerprint density at radius 1 is 1.36 bits per heavy atom. The van der Waals surface area contributed by atoms with Crippen LogP contribution in [0.1, 0.15) is 23.7 Å². The Morgan fingerprint density at radius 3 is 2.77 bits per heavy atom. The van der Waals surface area contributed by atoms with Crippen LogP contribution in [0, 0.1) is 0 Å². The molecule has 8 heteroatoms. The smallest absolute Gasteiger partial charge is 0.411 e. The van der Waals surface area contributed by atoms with Gasteiger partial charge < -0.3 is 9.47 Å². The monoisotopic (exact) mass is 327 g/mol. The van der Waals surface area contributed by atoms with Crippen molar-refractivity contribution >= 4 is 27.6 Å². The van der Waals surface area contributed by atoms with E-state index in [1.165, 1.54) is 12.1 Å². The highest BCUT2D eigenvalue weighted by atomic mass is 32.2. The van der Waals surface area contributed by atoms with Crippen molar-refractivity contribution in [1.29, 1.82) is 0 Å². The maximum atomic E-state index is 12.0. The zero-order chi connectivity index (χ0) is 16.2. The molecule has 1 atom stereocenters. The summed E-state index contributed by atoms with van der Waals surface area (Å²) in [6, 6.07) is 6.17. The van der Waals surface area contributed by atoms with E-state index in [0.29, 0.717) is 12.1 Å². The van der Waals surface area contributed by atoms with Crippen LogP contribution in [0.5, 0.6) is 0 Å². The van der Waals surface area contributed by atoms with Gasteiger partial charge in [-0.3, -0.25) is 5.32 Å². The zero-order valence-corrected chi connectivity index (χ0v) is 12.9. The third-order valence-corrected chi connectivity index (χ3v) is 4.82. The molecular weight excluding hydrogens is 310 g/mol. The van der Waals surface area contributed by atoms with Gasteiger partial charge in [-0.1, -0.05) is 6.07 Å². The largest absolute Gasteiger partial charge is 0.458 e. The van der Waals surface area contributed by atoms with Crippen LogP contribution in [0.15, 0.2) is 24.3 Å². The Bertz CT molecular complexity index is 670. The highest BCUT2D eigenvalue weighted by molar-refractivity contribution is 7.91. The van der Waals surface area contributed by atoms with Gasteiger partial charge in [0.2, 0.25) is 0 Å². The second-order valence-electron chi connectivity index (χ2n) is 4.86. The van der Waals surface area contributed by atoms with E-state index in [1.54, 1.807) is 19.1 Å². The Labute approximate surface area is 128 Å². The second kappa shape index (κ2) is 6.78. The fourth-order valence-electron chi connectivity index (χ4n) is 2.08. The third kappa shape index (κ3) is 4.45. The Morgan fingerprint density at radius 2 is 2.14 bits per heavy atom. The van der Waals surface area contributed by atoms with Crippen molar-refractivity contribution in [2.75, 3.05) is 23.4 Å². The van der Waals surface area contributed by atoms with Crippen molar-refractivity contribution in [2.24, 2.45) is 0 Å². The van der Waals surface area contributed by atoms with Crippen LogP contribution in [-0.2, 0) is 19.3 Å². The van der Waals surface area contributed by atoms with Crippen LogP contribution < -0.4 is 5.32 Å². The van der Waals surface area contributed by atoms with Crippen LogP contribution in [0.4, 0.5) is 10.5 Å². The molecule has 0 bridgehead atoms. The number of nitrogens with one attached hydrogen (secondary N) is 1. The summed E-state index contributed by atoms with van der Waals surface area (Å²) in [6.45, 7) is 1.92. The van der Waals surface area contributed by atoms with Gasteiger partial charge in [-0.15, -0.1) is 0 Å². The first-order chi connectivity index (χ1) is 10.4. The molecule has 0 aliphatic carbocycles.